The Labute approximate surface area is 336 Å². The van der Waals surface area contributed by atoms with Crippen molar-refractivity contribution in [3.63, 3.8) is 0 Å². The Morgan fingerprint density at radius 1 is 0.448 bits per heavy atom. The summed E-state index contributed by atoms with van der Waals surface area (Å²) in [6.07, 6.45) is 0. The van der Waals surface area contributed by atoms with Crippen LogP contribution in [-0.2, 0) is 5.41 Å². The summed E-state index contributed by atoms with van der Waals surface area (Å²) in [6.45, 7) is 4.69. The number of para-hydroxylation sites is 4. The smallest absolute Gasteiger partial charge is 0.159 e. The van der Waals surface area contributed by atoms with Crippen LogP contribution in [0.2, 0.25) is 0 Å². The predicted octanol–water partition coefficient (Wildman–Crippen LogP) is 15.3. The lowest BCUT2D eigenvalue weighted by atomic mass is 9.82. The number of rotatable bonds is 5. The molecule has 58 heavy (non-hydrogen) atoms. The van der Waals surface area contributed by atoms with Crippen molar-refractivity contribution >= 4 is 71.6 Å². The second-order valence-electron chi connectivity index (χ2n) is 16.2. The first-order valence-electron chi connectivity index (χ1n) is 20.1. The van der Waals surface area contributed by atoms with Gasteiger partial charge >= 0.3 is 0 Å². The zero-order valence-corrected chi connectivity index (χ0v) is 32.3. The van der Waals surface area contributed by atoms with Gasteiger partial charge in [0.1, 0.15) is 5.58 Å². The molecular weight excluding hydrogens is 705 g/mol. The van der Waals surface area contributed by atoms with Crippen LogP contribution in [0.3, 0.4) is 0 Å². The third-order valence-electron chi connectivity index (χ3n) is 12.6. The SMILES string of the molecule is CC1(C)c2ccccc2-c2ccc(N(c3ccc4cc(-c5ccc6c(c5)c5ccccc5n6-c5ccccc5)ccc4c3)c3cccc4c3oc3ccccc34)cc21. The normalized spacial score (nSPS) is 13.1. The van der Waals surface area contributed by atoms with Crippen LogP contribution in [-0.4, -0.2) is 4.57 Å². The van der Waals surface area contributed by atoms with Crippen molar-refractivity contribution < 1.29 is 4.42 Å². The third kappa shape index (κ3) is 4.80. The molecule has 0 N–H and O–H groups in total. The standard InChI is InChI=1S/C55H38N2O/c1-55(2)48-19-9-6-15-42(48)43-29-28-41(34-49(43)55)56(52-21-12-18-46-45-17-8-11-22-53(45)58-54(46)52)40-27-25-36-31-35(23-24-37(36)32-40)38-26-30-51-47(33-38)44-16-7-10-20-50(44)57(51)39-13-4-3-5-14-39/h3-34H,1-2H3. The van der Waals surface area contributed by atoms with E-state index in [2.05, 4.69) is 211 Å². The molecule has 1 aliphatic rings. The Kier molecular flexibility index (Phi) is 6.98. The van der Waals surface area contributed by atoms with E-state index in [1.807, 2.05) is 6.07 Å². The van der Waals surface area contributed by atoms with Crippen LogP contribution < -0.4 is 4.90 Å². The first-order chi connectivity index (χ1) is 28.5. The van der Waals surface area contributed by atoms with E-state index >= 15 is 0 Å². The van der Waals surface area contributed by atoms with Crippen LogP contribution in [0.1, 0.15) is 25.0 Å². The molecule has 3 nitrogen and oxygen atoms in total. The van der Waals surface area contributed by atoms with Crippen molar-refractivity contribution in [1.29, 1.82) is 0 Å². The summed E-state index contributed by atoms with van der Waals surface area (Å²) >= 11 is 0. The zero-order chi connectivity index (χ0) is 38.5. The van der Waals surface area contributed by atoms with Crippen molar-refractivity contribution in [2.75, 3.05) is 4.90 Å². The fourth-order valence-corrected chi connectivity index (χ4v) is 9.73. The summed E-state index contributed by atoms with van der Waals surface area (Å²) in [5.74, 6) is 0. The lowest BCUT2D eigenvalue weighted by Crippen LogP contribution is -2.16. The van der Waals surface area contributed by atoms with Gasteiger partial charge in [0.05, 0.1) is 16.7 Å². The van der Waals surface area contributed by atoms with Crippen LogP contribution in [0.25, 0.3) is 82.5 Å². The zero-order valence-electron chi connectivity index (χ0n) is 32.3. The summed E-state index contributed by atoms with van der Waals surface area (Å²) in [5, 5.41) is 7.12. The van der Waals surface area contributed by atoms with Gasteiger partial charge in [-0.3, -0.25) is 0 Å². The van der Waals surface area contributed by atoms with Crippen molar-refractivity contribution in [3.8, 4) is 27.9 Å². The van der Waals surface area contributed by atoms with Gasteiger partial charge in [-0.15, -0.1) is 0 Å². The molecule has 2 aromatic heterocycles. The minimum absolute atomic E-state index is 0.127. The first kappa shape index (κ1) is 32.8. The molecule has 3 heteroatoms. The average Bonchev–Trinajstić information content (AvgIpc) is 3.89. The number of aromatic nitrogens is 1. The molecule has 1 aliphatic carbocycles. The number of benzene rings is 9. The Morgan fingerprint density at radius 3 is 2.02 bits per heavy atom. The van der Waals surface area contributed by atoms with Crippen molar-refractivity contribution in [3.05, 3.63) is 205 Å². The molecule has 0 radical (unpaired) electrons. The Bertz CT molecular complexity index is 3440. The molecule has 0 saturated heterocycles. The van der Waals surface area contributed by atoms with E-state index in [-0.39, 0.29) is 5.41 Å². The Balaban J connectivity index is 1.00. The second-order valence-corrected chi connectivity index (χ2v) is 16.2. The van der Waals surface area contributed by atoms with Crippen molar-refractivity contribution in [2.45, 2.75) is 19.3 Å². The van der Waals surface area contributed by atoms with Gasteiger partial charge in [0, 0.05) is 44.0 Å². The number of anilines is 3. The molecule has 0 spiro atoms. The Hall–Kier alpha value is -7.36. The van der Waals surface area contributed by atoms with E-state index in [0.717, 1.165) is 39.0 Å². The second kappa shape index (κ2) is 12.3. The molecule has 2 heterocycles. The number of furan rings is 1. The van der Waals surface area contributed by atoms with Gasteiger partial charge in [0.25, 0.3) is 0 Å². The van der Waals surface area contributed by atoms with Crippen LogP contribution in [0, 0.1) is 0 Å². The largest absolute Gasteiger partial charge is 0.454 e. The minimum atomic E-state index is -0.127. The lowest BCUT2D eigenvalue weighted by Gasteiger charge is -2.28. The summed E-state index contributed by atoms with van der Waals surface area (Å²) in [6, 6.07) is 70.7. The highest BCUT2D eigenvalue weighted by Crippen LogP contribution is 2.51. The lowest BCUT2D eigenvalue weighted by molar-refractivity contribution is 0.660. The fourth-order valence-electron chi connectivity index (χ4n) is 9.73. The fraction of sp³-hybridized carbons (Fsp3) is 0.0545. The summed E-state index contributed by atoms with van der Waals surface area (Å²) in [5.41, 5.74) is 16.2. The van der Waals surface area contributed by atoms with E-state index in [1.165, 1.54) is 71.6 Å². The van der Waals surface area contributed by atoms with Crippen LogP contribution >= 0.6 is 0 Å². The van der Waals surface area contributed by atoms with Gasteiger partial charge in [-0.25, -0.2) is 0 Å². The van der Waals surface area contributed by atoms with E-state index in [0.29, 0.717) is 0 Å². The van der Waals surface area contributed by atoms with Gasteiger partial charge in [-0.2, -0.15) is 0 Å². The summed E-state index contributed by atoms with van der Waals surface area (Å²) in [4.78, 5) is 2.38. The highest BCUT2D eigenvalue weighted by Gasteiger charge is 2.36. The van der Waals surface area contributed by atoms with Crippen molar-refractivity contribution in [1.82, 2.24) is 4.57 Å². The van der Waals surface area contributed by atoms with Gasteiger partial charge in [0.15, 0.2) is 5.58 Å². The average molecular weight is 743 g/mol. The summed E-state index contributed by atoms with van der Waals surface area (Å²) in [7, 11) is 0. The maximum Gasteiger partial charge on any atom is 0.159 e. The highest BCUT2D eigenvalue weighted by molar-refractivity contribution is 6.12. The maximum absolute atomic E-state index is 6.68. The molecule has 0 bridgehead atoms. The third-order valence-corrected chi connectivity index (χ3v) is 12.6. The van der Waals surface area contributed by atoms with E-state index < -0.39 is 0 Å². The molecule has 0 atom stereocenters. The van der Waals surface area contributed by atoms with Gasteiger partial charge in [-0.05, 0) is 117 Å². The maximum atomic E-state index is 6.68. The van der Waals surface area contributed by atoms with E-state index in [4.69, 9.17) is 4.42 Å². The number of hydrogen-bond acceptors (Lipinski definition) is 2. The van der Waals surface area contributed by atoms with Gasteiger partial charge in [-0.1, -0.05) is 135 Å². The monoisotopic (exact) mass is 742 g/mol. The molecule has 0 amide bonds. The molecule has 0 aliphatic heterocycles. The quantitative estimate of drug-likeness (QED) is 0.175. The predicted molar refractivity (Wildman–Crippen MR) is 243 cm³/mol. The van der Waals surface area contributed by atoms with Crippen LogP contribution in [0.5, 0.6) is 0 Å². The van der Waals surface area contributed by atoms with Gasteiger partial charge < -0.3 is 13.9 Å². The summed E-state index contributed by atoms with van der Waals surface area (Å²) < 4.78 is 9.05. The molecule has 11 aromatic rings. The first-order valence-corrected chi connectivity index (χ1v) is 20.1. The number of nitrogens with zero attached hydrogens (tertiary/aromatic N) is 2. The van der Waals surface area contributed by atoms with Crippen LogP contribution in [0.4, 0.5) is 17.1 Å². The molecule has 9 aromatic carbocycles. The van der Waals surface area contributed by atoms with Crippen LogP contribution in [0.15, 0.2) is 199 Å². The van der Waals surface area contributed by atoms with E-state index in [1.54, 1.807) is 0 Å². The number of hydrogen-bond donors (Lipinski definition) is 0. The highest BCUT2D eigenvalue weighted by atomic mass is 16.3. The molecule has 0 fully saturated rings. The molecule has 12 rings (SSSR count). The topological polar surface area (TPSA) is 21.3 Å². The molecular formula is C55H38N2O. The van der Waals surface area contributed by atoms with Gasteiger partial charge in [0.2, 0.25) is 0 Å². The molecule has 0 saturated carbocycles. The minimum Gasteiger partial charge on any atom is -0.454 e. The van der Waals surface area contributed by atoms with Crippen molar-refractivity contribution in [2.24, 2.45) is 0 Å². The van der Waals surface area contributed by atoms with E-state index in [9.17, 15) is 0 Å². The number of fused-ring (bicyclic) bond motifs is 10. The molecule has 274 valence electrons. The Morgan fingerprint density at radius 2 is 1.10 bits per heavy atom. The molecule has 0 unspecified atom stereocenters.